The first-order valence-electron chi connectivity index (χ1n) is 6.77. The lowest BCUT2D eigenvalue weighted by atomic mass is 9.81. The van der Waals surface area contributed by atoms with Gasteiger partial charge >= 0.3 is 5.97 Å². The summed E-state index contributed by atoms with van der Waals surface area (Å²) in [5, 5.41) is 20.3. The zero-order valence-electron chi connectivity index (χ0n) is 11.7. The largest absolute Gasteiger partial charge is 0.479 e. The molecule has 1 aromatic carbocycles. The van der Waals surface area contributed by atoms with Gasteiger partial charge in [-0.05, 0) is 25.0 Å². The highest BCUT2D eigenvalue weighted by Crippen LogP contribution is 2.38. The number of nitro groups is 1. The summed E-state index contributed by atoms with van der Waals surface area (Å²) in [4.78, 5) is 21.9. The first-order valence-corrected chi connectivity index (χ1v) is 7.84. The Morgan fingerprint density at radius 3 is 2.18 bits per heavy atom. The molecular formula is C13H16N2O6S. The summed E-state index contributed by atoms with van der Waals surface area (Å²) in [5.41, 5.74) is -1.45. The van der Waals surface area contributed by atoms with Gasteiger partial charge in [-0.1, -0.05) is 19.3 Å². The van der Waals surface area contributed by atoms with E-state index in [1.54, 1.807) is 0 Å². The summed E-state index contributed by atoms with van der Waals surface area (Å²) >= 11 is -2.55. The number of carboxylic acid groups (broad SMARTS) is 1. The third kappa shape index (κ3) is 2.95. The van der Waals surface area contributed by atoms with Crippen LogP contribution >= 0.6 is 0 Å². The molecule has 0 radical (unpaired) electrons. The van der Waals surface area contributed by atoms with Crippen molar-refractivity contribution in [1.82, 2.24) is 0 Å². The Labute approximate surface area is 129 Å². The Bertz CT molecular complexity index is 597. The summed E-state index contributed by atoms with van der Waals surface area (Å²) in [6.45, 7) is 0. The van der Waals surface area contributed by atoms with Crippen molar-refractivity contribution in [3.63, 3.8) is 0 Å². The van der Waals surface area contributed by atoms with Crippen LogP contribution in [0.25, 0.3) is 0 Å². The number of benzene rings is 1. The van der Waals surface area contributed by atoms with Crippen molar-refractivity contribution in [2.24, 2.45) is 0 Å². The summed E-state index contributed by atoms with van der Waals surface area (Å²) in [5.74, 6) is -1.16. The number of anilines is 1. The predicted molar refractivity (Wildman–Crippen MR) is 79.8 cm³/mol. The van der Waals surface area contributed by atoms with Gasteiger partial charge in [0.15, 0.2) is 5.54 Å². The fourth-order valence-corrected chi connectivity index (χ4v) is 3.70. The van der Waals surface area contributed by atoms with Crippen molar-refractivity contribution in [3.8, 4) is 0 Å². The standard InChI is InChI=1S/C13H16N2O6S/c16-12(17)13(8-2-1-3-9-13)14(22(20)21)10-4-6-11(7-5-10)15(18)19/h4-7H,1-3,8-9H2,(H,16,17)(H,20,21). The van der Waals surface area contributed by atoms with Crippen LogP contribution in [-0.4, -0.2) is 30.3 Å². The number of non-ortho nitro benzene ring substituents is 1. The molecular weight excluding hydrogens is 312 g/mol. The second kappa shape index (κ2) is 6.41. The molecule has 0 aliphatic heterocycles. The Balaban J connectivity index is 2.46. The third-order valence-corrected chi connectivity index (χ3v) is 4.79. The maximum Gasteiger partial charge on any atom is 0.330 e. The van der Waals surface area contributed by atoms with Crippen LogP contribution in [0.1, 0.15) is 32.1 Å². The zero-order chi connectivity index (χ0) is 16.3. The number of aliphatic carboxylic acids is 1. The summed E-state index contributed by atoms with van der Waals surface area (Å²) < 4.78 is 22.3. The molecule has 8 nitrogen and oxygen atoms in total. The molecule has 1 aliphatic carbocycles. The molecule has 0 amide bonds. The highest BCUT2D eigenvalue weighted by Gasteiger charge is 2.48. The van der Waals surface area contributed by atoms with Crippen molar-refractivity contribution >= 4 is 28.6 Å². The summed E-state index contributed by atoms with van der Waals surface area (Å²) in [7, 11) is 0. The number of carboxylic acids is 1. The minimum atomic E-state index is -2.55. The fourth-order valence-electron chi connectivity index (χ4n) is 2.84. The van der Waals surface area contributed by atoms with Gasteiger partial charge in [0, 0.05) is 12.1 Å². The molecule has 2 rings (SSSR count). The molecule has 0 spiro atoms. The monoisotopic (exact) mass is 328 g/mol. The highest BCUT2D eigenvalue weighted by atomic mass is 32.2. The third-order valence-electron chi connectivity index (χ3n) is 3.92. The molecule has 1 unspecified atom stereocenters. The highest BCUT2D eigenvalue weighted by molar-refractivity contribution is 7.80. The van der Waals surface area contributed by atoms with E-state index in [9.17, 15) is 28.8 Å². The molecule has 1 atom stereocenters. The van der Waals surface area contributed by atoms with Crippen LogP contribution in [0, 0.1) is 10.1 Å². The first-order chi connectivity index (χ1) is 10.4. The lowest BCUT2D eigenvalue weighted by Gasteiger charge is -2.41. The van der Waals surface area contributed by atoms with E-state index in [1.165, 1.54) is 24.3 Å². The molecule has 0 aromatic heterocycles. The Morgan fingerprint density at radius 2 is 1.77 bits per heavy atom. The van der Waals surface area contributed by atoms with E-state index in [0.717, 1.165) is 10.7 Å². The quantitative estimate of drug-likeness (QED) is 0.486. The van der Waals surface area contributed by atoms with Gasteiger partial charge in [0.25, 0.3) is 17.0 Å². The van der Waals surface area contributed by atoms with Gasteiger partial charge in [-0.15, -0.1) is 0 Å². The minimum absolute atomic E-state index is 0.166. The smallest absolute Gasteiger partial charge is 0.330 e. The second-order valence-electron chi connectivity index (χ2n) is 5.20. The number of carbonyl (C=O) groups is 1. The number of nitro benzene ring substituents is 1. The van der Waals surface area contributed by atoms with E-state index in [2.05, 4.69) is 0 Å². The summed E-state index contributed by atoms with van der Waals surface area (Å²) in [6.07, 6.45) is 2.68. The van der Waals surface area contributed by atoms with Gasteiger partial charge < -0.3 is 5.11 Å². The molecule has 1 aliphatic rings. The molecule has 22 heavy (non-hydrogen) atoms. The van der Waals surface area contributed by atoms with Crippen LogP contribution < -0.4 is 4.31 Å². The molecule has 1 fully saturated rings. The number of hydrogen-bond acceptors (Lipinski definition) is 4. The minimum Gasteiger partial charge on any atom is -0.479 e. The maximum absolute atomic E-state index is 11.8. The molecule has 120 valence electrons. The fraction of sp³-hybridized carbons (Fsp3) is 0.462. The normalized spacial score (nSPS) is 18.4. The topological polar surface area (TPSA) is 121 Å². The van der Waals surface area contributed by atoms with Crippen LogP contribution in [-0.2, 0) is 16.1 Å². The molecule has 9 heteroatoms. The van der Waals surface area contributed by atoms with Crippen LogP contribution in [0.5, 0.6) is 0 Å². The van der Waals surface area contributed by atoms with E-state index < -0.39 is 27.7 Å². The molecule has 2 N–H and O–H groups in total. The average molecular weight is 328 g/mol. The van der Waals surface area contributed by atoms with Crippen LogP contribution in [0.3, 0.4) is 0 Å². The Kier molecular flexibility index (Phi) is 4.77. The van der Waals surface area contributed by atoms with Crippen molar-refractivity contribution in [3.05, 3.63) is 34.4 Å². The molecule has 0 bridgehead atoms. The molecule has 1 saturated carbocycles. The van der Waals surface area contributed by atoms with Gasteiger partial charge in [-0.2, -0.15) is 0 Å². The van der Waals surface area contributed by atoms with Crippen LogP contribution in [0.4, 0.5) is 11.4 Å². The Morgan fingerprint density at radius 1 is 1.23 bits per heavy atom. The van der Waals surface area contributed by atoms with E-state index in [0.29, 0.717) is 12.8 Å². The average Bonchev–Trinajstić information content (AvgIpc) is 2.48. The van der Waals surface area contributed by atoms with Crippen molar-refractivity contribution < 1.29 is 23.6 Å². The van der Waals surface area contributed by atoms with Crippen LogP contribution in [0.15, 0.2) is 24.3 Å². The summed E-state index contributed by atoms with van der Waals surface area (Å²) in [6, 6.07) is 4.97. The SMILES string of the molecule is O=C(O)C1(N(c2ccc([N+](=O)[O-])cc2)S(=O)O)CCCCC1. The maximum atomic E-state index is 11.8. The van der Waals surface area contributed by atoms with E-state index in [-0.39, 0.29) is 24.2 Å². The van der Waals surface area contributed by atoms with Crippen molar-refractivity contribution in [2.45, 2.75) is 37.6 Å². The Hall–Kier alpha value is -2.00. The number of rotatable bonds is 5. The van der Waals surface area contributed by atoms with Crippen molar-refractivity contribution in [2.75, 3.05) is 4.31 Å². The van der Waals surface area contributed by atoms with E-state index >= 15 is 0 Å². The van der Waals surface area contributed by atoms with Crippen LogP contribution in [0.2, 0.25) is 0 Å². The molecule has 1 aromatic rings. The molecule has 0 saturated heterocycles. The zero-order valence-corrected chi connectivity index (χ0v) is 12.5. The van der Waals surface area contributed by atoms with Gasteiger partial charge in [0.2, 0.25) is 0 Å². The van der Waals surface area contributed by atoms with Gasteiger partial charge in [-0.3, -0.25) is 19.0 Å². The lowest BCUT2D eigenvalue weighted by Crippen LogP contribution is -2.56. The molecule has 0 heterocycles. The predicted octanol–water partition coefficient (Wildman–Crippen LogP) is 2.33. The van der Waals surface area contributed by atoms with E-state index in [1.807, 2.05) is 0 Å². The van der Waals surface area contributed by atoms with Gasteiger partial charge in [0.05, 0.1) is 10.6 Å². The van der Waals surface area contributed by atoms with Gasteiger partial charge in [0.1, 0.15) is 0 Å². The number of hydrogen-bond donors (Lipinski definition) is 2. The lowest BCUT2D eigenvalue weighted by molar-refractivity contribution is -0.384. The van der Waals surface area contributed by atoms with Crippen molar-refractivity contribution in [1.29, 1.82) is 0 Å². The second-order valence-corrected chi connectivity index (χ2v) is 6.02. The van der Waals surface area contributed by atoms with Gasteiger partial charge in [-0.25, -0.2) is 9.00 Å². The number of nitrogens with zero attached hydrogens (tertiary/aromatic N) is 2. The first kappa shape index (κ1) is 16.4. The van der Waals surface area contributed by atoms with E-state index in [4.69, 9.17) is 0 Å².